The van der Waals surface area contributed by atoms with Crippen molar-refractivity contribution in [3.63, 3.8) is 0 Å². The van der Waals surface area contributed by atoms with Crippen LogP contribution in [0.15, 0.2) is 12.4 Å². The first kappa shape index (κ1) is 9.73. The highest BCUT2D eigenvalue weighted by molar-refractivity contribution is 5.93. The van der Waals surface area contributed by atoms with Crippen LogP contribution in [0.25, 0.3) is 0 Å². The molecule has 0 spiro atoms. The number of rotatable bonds is 4. The maximum atomic E-state index is 11.4. The van der Waals surface area contributed by atoms with Crippen molar-refractivity contribution >= 4 is 5.91 Å². The molecule has 0 aliphatic carbocycles. The number of carbonyl (C=O) groups is 1. The number of nitrogens with zero attached hydrogens (tertiary/aromatic N) is 1. The lowest BCUT2D eigenvalue weighted by atomic mass is 10.2. The second kappa shape index (κ2) is 4.61. The highest BCUT2D eigenvalue weighted by atomic mass is 16.3. The minimum absolute atomic E-state index is 0.0416. The van der Waals surface area contributed by atoms with Crippen molar-refractivity contribution < 1.29 is 9.90 Å². The number of hydrogen-bond acceptors (Lipinski definition) is 3. The maximum Gasteiger partial charge on any atom is 0.254 e. The molecule has 5 nitrogen and oxygen atoms in total. The molecular weight excluding hydrogens is 170 g/mol. The average Bonchev–Trinajstić information content (AvgIpc) is 2.66. The van der Waals surface area contributed by atoms with E-state index in [9.17, 15) is 4.79 Å². The van der Waals surface area contributed by atoms with Gasteiger partial charge in [0.05, 0.1) is 24.4 Å². The summed E-state index contributed by atoms with van der Waals surface area (Å²) >= 11 is 0. The Morgan fingerprint density at radius 3 is 3.08 bits per heavy atom. The third-order valence-electron chi connectivity index (χ3n) is 1.81. The molecule has 0 aromatic carbocycles. The van der Waals surface area contributed by atoms with E-state index < -0.39 is 0 Å². The summed E-state index contributed by atoms with van der Waals surface area (Å²) in [6.07, 6.45) is 3.67. The molecule has 1 heterocycles. The minimum atomic E-state index is -0.213. The minimum Gasteiger partial charge on any atom is -0.394 e. The van der Waals surface area contributed by atoms with Crippen molar-refractivity contribution in [2.24, 2.45) is 0 Å². The fourth-order valence-electron chi connectivity index (χ4n) is 0.921. The Morgan fingerprint density at radius 1 is 1.85 bits per heavy atom. The van der Waals surface area contributed by atoms with Gasteiger partial charge < -0.3 is 10.4 Å². The van der Waals surface area contributed by atoms with Gasteiger partial charge in [-0.15, -0.1) is 0 Å². The predicted molar refractivity (Wildman–Crippen MR) is 47.2 cm³/mol. The van der Waals surface area contributed by atoms with Crippen molar-refractivity contribution in [2.75, 3.05) is 6.61 Å². The number of amides is 1. The third-order valence-corrected chi connectivity index (χ3v) is 1.81. The van der Waals surface area contributed by atoms with Gasteiger partial charge in [-0.05, 0) is 6.42 Å². The van der Waals surface area contributed by atoms with Crippen LogP contribution in [-0.2, 0) is 0 Å². The fourth-order valence-corrected chi connectivity index (χ4v) is 0.921. The van der Waals surface area contributed by atoms with E-state index in [4.69, 9.17) is 5.11 Å². The number of carbonyl (C=O) groups excluding carboxylic acids is 1. The quantitative estimate of drug-likeness (QED) is 0.610. The van der Waals surface area contributed by atoms with Gasteiger partial charge in [-0.3, -0.25) is 9.89 Å². The SMILES string of the molecule is CC[C@H](CO)NC(=O)c1cn[nH]c1. The van der Waals surface area contributed by atoms with E-state index >= 15 is 0 Å². The van der Waals surface area contributed by atoms with Crippen LogP contribution in [0.2, 0.25) is 0 Å². The summed E-state index contributed by atoms with van der Waals surface area (Å²) in [7, 11) is 0. The van der Waals surface area contributed by atoms with E-state index in [1.165, 1.54) is 12.4 Å². The van der Waals surface area contributed by atoms with Gasteiger partial charge in [-0.25, -0.2) is 0 Å². The van der Waals surface area contributed by atoms with Gasteiger partial charge in [-0.1, -0.05) is 6.92 Å². The van der Waals surface area contributed by atoms with Crippen molar-refractivity contribution in [3.8, 4) is 0 Å². The highest BCUT2D eigenvalue weighted by Gasteiger charge is 2.11. The summed E-state index contributed by atoms with van der Waals surface area (Å²) in [5.74, 6) is -0.213. The zero-order valence-corrected chi connectivity index (χ0v) is 7.45. The molecule has 1 aromatic heterocycles. The Bertz CT molecular complexity index is 254. The molecular formula is C8H13N3O2. The first-order chi connectivity index (χ1) is 6.27. The molecule has 72 valence electrons. The zero-order chi connectivity index (χ0) is 9.68. The van der Waals surface area contributed by atoms with E-state index in [1.807, 2.05) is 6.92 Å². The van der Waals surface area contributed by atoms with Gasteiger partial charge in [0, 0.05) is 6.20 Å². The van der Waals surface area contributed by atoms with E-state index in [0.29, 0.717) is 12.0 Å². The summed E-state index contributed by atoms with van der Waals surface area (Å²) in [5.41, 5.74) is 0.479. The number of H-pyrrole nitrogens is 1. The number of hydrogen-bond donors (Lipinski definition) is 3. The van der Waals surface area contributed by atoms with Crippen molar-refractivity contribution in [1.29, 1.82) is 0 Å². The largest absolute Gasteiger partial charge is 0.394 e. The fraction of sp³-hybridized carbons (Fsp3) is 0.500. The molecule has 1 amide bonds. The molecule has 5 heteroatoms. The van der Waals surface area contributed by atoms with Crippen LogP contribution in [0.5, 0.6) is 0 Å². The monoisotopic (exact) mass is 183 g/mol. The van der Waals surface area contributed by atoms with E-state index in [1.54, 1.807) is 0 Å². The summed E-state index contributed by atoms with van der Waals surface area (Å²) in [6, 6.07) is -0.178. The molecule has 0 fully saturated rings. The van der Waals surface area contributed by atoms with Gasteiger partial charge >= 0.3 is 0 Å². The van der Waals surface area contributed by atoms with Gasteiger partial charge in [0.25, 0.3) is 5.91 Å². The second-order valence-electron chi connectivity index (χ2n) is 2.75. The number of aliphatic hydroxyl groups is 1. The Balaban J connectivity index is 2.50. The lowest BCUT2D eigenvalue weighted by Gasteiger charge is -2.12. The zero-order valence-electron chi connectivity index (χ0n) is 7.45. The molecule has 1 atom stereocenters. The first-order valence-electron chi connectivity index (χ1n) is 4.18. The van der Waals surface area contributed by atoms with Crippen LogP contribution >= 0.6 is 0 Å². The average molecular weight is 183 g/mol. The third kappa shape index (κ3) is 2.55. The molecule has 0 bridgehead atoms. The number of aromatic amines is 1. The molecule has 1 rings (SSSR count). The second-order valence-corrected chi connectivity index (χ2v) is 2.75. The molecule has 0 unspecified atom stereocenters. The van der Waals surface area contributed by atoms with Crippen LogP contribution in [0.1, 0.15) is 23.7 Å². The Kier molecular flexibility index (Phi) is 3.45. The lowest BCUT2D eigenvalue weighted by molar-refractivity contribution is 0.0915. The molecule has 0 saturated heterocycles. The molecule has 0 aliphatic rings. The molecule has 0 radical (unpaired) electrons. The van der Waals surface area contributed by atoms with E-state index in [-0.39, 0.29) is 18.6 Å². The highest BCUT2D eigenvalue weighted by Crippen LogP contribution is 1.96. The maximum absolute atomic E-state index is 11.4. The van der Waals surface area contributed by atoms with E-state index in [2.05, 4.69) is 15.5 Å². The summed E-state index contributed by atoms with van der Waals surface area (Å²) in [4.78, 5) is 11.4. The first-order valence-corrected chi connectivity index (χ1v) is 4.18. The topological polar surface area (TPSA) is 78.0 Å². The molecule has 1 aromatic rings. The van der Waals surface area contributed by atoms with Crippen LogP contribution in [0.3, 0.4) is 0 Å². The molecule has 3 N–H and O–H groups in total. The van der Waals surface area contributed by atoms with Crippen molar-refractivity contribution in [1.82, 2.24) is 15.5 Å². The van der Waals surface area contributed by atoms with E-state index in [0.717, 1.165) is 0 Å². The molecule has 0 saturated carbocycles. The number of aliphatic hydroxyl groups excluding tert-OH is 1. The predicted octanol–water partition coefficient (Wildman–Crippen LogP) is -0.0896. The van der Waals surface area contributed by atoms with Crippen LogP contribution < -0.4 is 5.32 Å². The van der Waals surface area contributed by atoms with Crippen molar-refractivity contribution in [2.45, 2.75) is 19.4 Å². The summed E-state index contributed by atoms with van der Waals surface area (Å²) < 4.78 is 0. The van der Waals surface area contributed by atoms with Gasteiger partial charge in [-0.2, -0.15) is 5.10 Å². The number of nitrogens with one attached hydrogen (secondary N) is 2. The molecule has 0 aliphatic heterocycles. The Hall–Kier alpha value is -1.36. The smallest absolute Gasteiger partial charge is 0.254 e. The van der Waals surface area contributed by atoms with Crippen LogP contribution in [0.4, 0.5) is 0 Å². The lowest BCUT2D eigenvalue weighted by Crippen LogP contribution is -2.36. The summed E-state index contributed by atoms with van der Waals surface area (Å²) in [6.45, 7) is 1.86. The Labute approximate surface area is 76.2 Å². The van der Waals surface area contributed by atoms with Crippen LogP contribution in [-0.4, -0.2) is 33.9 Å². The van der Waals surface area contributed by atoms with Gasteiger partial charge in [0.1, 0.15) is 0 Å². The normalized spacial score (nSPS) is 12.5. The Morgan fingerprint density at radius 2 is 2.62 bits per heavy atom. The number of aromatic nitrogens is 2. The standard InChI is InChI=1S/C8H13N3O2/c1-2-7(5-12)11-8(13)6-3-9-10-4-6/h3-4,7,12H,2,5H2,1H3,(H,9,10)(H,11,13)/t7-/m1/s1. The van der Waals surface area contributed by atoms with Crippen LogP contribution in [0, 0.1) is 0 Å². The van der Waals surface area contributed by atoms with Gasteiger partial charge in [0.2, 0.25) is 0 Å². The summed E-state index contributed by atoms with van der Waals surface area (Å²) in [5, 5.41) is 17.7. The van der Waals surface area contributed by atoms with Gasteiger partial charge in [0.15, 0.2) is 0 Å². The molecule has 13 heavy (non-hydrogen) atoms. The van der Waals surface area contributed by atoms with Crippen molar-refractivity contribution in [3.05, 3.63) is 18.0 Å².